The molecule has 0 saturated heterocycles. The summed E-state index contributed by atoms with van der Waals surface area (Å²) in [6, 6.07) is 19.5. The second-order valence-corrected chi connectivity index (χ2v) is 7.41. The molecule has 0 amide bonds. The van der Waals surface area contributed by atoms with Crippen LogP contribution in [0.15, 0.2) is 65.1 Å². The van der Waals surface area contributed by atoms with Gasteiger partial charge in [-0.25, -0.2) is 0 Å². The minimum atomic E-state index is -0.132. The van der Waals surface area contributed by atoms with Gasteiger partial charge in [0.15, 0.2) is 0 Å². The maximum absolute atomic E-state index is 14.0. The van der Waals surface area contributed by atoms with E-state index in [0.717, 1.165) is 19.7 Å². The quantitative estimate of drug-likeness (QED) is 0.598. The van der Waals surface area contributed by atoms with Gasteiger partial charge in [0.2, 0.25) is 0 Å². The van der Waals surface area contributed by atoms with E-state index in [1.165, 1.54) is 10.5 Å². The van der Waals surface area contributed by atoms with Crippen LogP contribution in [0.5, 0.6) is 0 Å². The Balaban J connectivity index is 2.08. The molecule has 0 aliphatic carbocycles. The summed E-state index contributed by atoms with van der Waals surface area (Å²) in [5.41, 5.74) is 0. The Kier molecular flexibility index (Phi) is 3.69. The summed E-state index contributed by atoms with van der Waals surface area (Å²) in [6.07, 6.45) is 0. The Morgan fingerprint density at radius 3 is 2.26 bits per heavy atom. The Labute approximate surface area is 125 Å². The number of hydrogen-bond donors (Lipinski definition) is 0. The Morgan fingerprint density at radius 2 is 1.53 bits per heavy atom. The molecule has 19 heavy (non-hydrogen) atoms. The van der Waals surface area contributed by atoms with Gasteiger partial charge in [-0.3, -0.25) is 0 Å². The number of halogens is 2. The van der Waals surface area contributed by atoms with Gasteiger partial charge in [0.05, 0.1) is 0 Å². The predicted octanol–water partition coefficient (Wildman–Crippen LogP) is 3.40. The molecule has 0 fully saturated rings. The van der Waals surface area contributed by atoms with Gasteiger partial charge in [0.25, 0.3) is 0 Å². The molecule has 94 valence electrons. The van der Waals surface area contributed by atoms with E-state index < -0.39 is 0 Å². The van der Waals surface area contributed by atoms with E-state index in [2.05, 4.69) is 28.1 Å². The molecule has 0 saturated carbocycles. The van der Waals surface area contributed by atoms with E-state index in [1.54, 1.807) is 6.07 Å². The number of benzene rings is 3. The van der Waals surface area contributed by atoms with Gasteiger partial charge in [0.1, 0.15) is 0 Å². The molecule has 0 atom stereocenters. The molecule has 3 aromatic carbocycles. The first-order chi connectivity index (χ1) is 9.24. The second kappa shape index (κ2) is 5.46. The van der Waals surface area contributed by atoms with Crippen molar-refractivity contribution in [3.63, 3.8) is 0 Å². The van der Waals surface area contributed by atoms with Crippen LogP contribution in [0.1, 0.15) is 0 Å². The Bertz CT molecular complexity index is 717. The molecular weight excluding hydrogens is 370 g/mol. The first-order valence-electron chi connectivity index (χ1n) is 5.85. The molecule has 0 nitrogen and oxygen atoms in total. The van der Waals surface area contributed by atoms with Crippen molar-refractivity contribution in [2.75, 3.05) is 0 Å². The van der Waals surface area contributed by atoms with Crippen molar-refractivity contribution in [3.8, 4) is 0 Å². The molecule has 0 aliphatic rings. The third-order valence-electron chi connectivity index (χ3n) is 2.86. The molecule has 0 unspecified atom stereocenters. The zero-order valence-corrected chi connectivity index (χ0v) is 13.2. The molecule has 3 aromatic rings. The Hall–Kier alpha value is -1.15. The third kappa shape index (κ3) is 2.74. The second-order valence-electron chi connectivity index (χ2n) is 4.15. The van der Waals surface area contributed by atoms with Gasteiger partial charge >= 0.3 is 126 Å². The van der Waals surface area contributed by atoms with E-state index in [1.807, 2.05) is 36.4 Å². The zero-order valence-electron chi connectivity index (χ0n) is 9.94. The topological polar surface area (TPSA) is 0 Å². The molecule has 0 bridgehead atoms. The fourth-order valence-corrected chi connectivity index (χ4v) is 4.32. The number of hydrogen-bond acceptors (Lipinski definition) is 0. The van der Waals surface area contributed by atoms with Crippen LogP contribution < -0.4 is 8.92 Å². The van der Waals surface area contributed by atoms with Crippen LogP contribution >= 0.6 is 15.9 Å². The summed E-state index contributed by atoms with van der Waals surface area (Å²) < 4.78 is 17.4. The molecule has 0 radical (unpaired) electrons. The van der Waals surface area contributed by atoms with Crippen molar-refractivity contribution in [2.24, 2.45) is 0 Å². The molecule has 0 N–H and O–H groups in total. The van der Waals surface area contributed by atoms with Crippen LogP contribution in [0, 0.1) is 5.82 Å². The van der Waals surface area contributed by atoms with Gasteiger partial charge in [0, 0.05) is 0 Å². The van der Waals surface area contributed by atoms with Crippen LogP contribution in [0.2, 0.25) is 0 Å². The van der Waals surface area contributed by atoms with E-state index in [-0.39, 0.29) is 20.8 Å². The summed E-state index contributed by atoms with van der Waals surface area (Å²) >= 11 is 3.54. The fraction of sp³-hybridized carbons (Fsp3) is 0. The van der Waals surface area contributed by atoms with Crippen molar-refractivity contribution >= 4 is 50.6 Å². The van der Waals surface area contributed by atoms with E-state index >= 15 is 0 Å². The van der Waals surface area contributed by atoms with Crippen LogP contribution in [-0.4, -0.2) is 15.0 Å². The van der Waals surface area contributed by atoms with Gasteiger partial charge in [-0.15, -0.1) is 0 Å². The van der Waals surface area contributed by atoms with Crippen molar-refractivity contribution in [2.45, 2.75) is 0 Å². The summed E-state index contributed by atoms with van der Waals surface area (Å²) in [4.78, 5) is 0. The van der Waals surface area contributed by atoms with Crippen molar-refractivity contribution in [3.05, 3.63) is 71.0 Å². The molecule has 3 heteroatoms. The van der Waals surface area contributed by atoms with Crippen LogP contribution in [0.3, 0.4) is 0 Å². The van der Waals surface area contributed by atoms with E-state index in [9.17, 15) is 4.39 Å². The monoisotopic (exact) mass is 380 g/mol. The van der Waals surface area contributed by atoms with Gasteiger partial charge in [-0.2, -0.15) is 0 Å². The van der Waals surface area contributed by atoms with Crippen molar-refractivity contribution in [1.29, 1.82) is 0 Å². The summed E-state index contributed by atoms with van der Waals surface area (Å²) in [6.45, 7) is 0. The molecule has 3 rings (SSSR count). The van der Waals surface area contributed by atoms with Gasteiger partial charge in [-0.1, -0.05) is 0 Å². The van der Waals surface area contributed by atoms with Gasteiger partial charge < -0.3 is 0 Å². The minimum absolute atomic E-state index is 0.113. The predicted molar refractivity (Wildman–Crippen MR) is 83.1 cm³/mol. The van der Waals surface area contributed by atoms with Crippen molar-refractivity contribution < 1.29 is 4.39 Å². The maximum atomic E-state index is 14.0. The van der Waals surface area contributed by atoms with Crippen molar-refractivity contribution in [1.82, 2.24) is 0 Å². The van der Waals surface area contributed by atoms with Crippen LogP contribution in [0.4, 0.5) is 4.39 Å². The average Bonchev–Trinajstić information content (AvgIpc) is 2.42. The molecule has 0 aliphatic heterocycles. The average molecular weight is 380 g/mol. The van der Waals surface area contributed by atoms with E-state index in [4.69, 9.17) is 0 Å². The third-order valence-corrected chi connectivity index (χ3v) is 5.63. The van der Waals surface area contributed by atoms with E-state index in [0.29, 0.717) is 0 Å². The SMILES string of the molecule is Fc1cccc2cccc([Se]c3ccc(Br)cc3)c12. The normalized spacial score (nSPS) is 10.8. The molecule has 0 heterocycles. The molecule has 0 aromatic heterocycles. The summed E-state index contributed by atoms with van der Waals surface area (Å²) in [7, 11) is 0. The number of rotatable bonds is 2. The standard InChI is InChI=1S/C16H10BrFSe/c17-12-7-9-13(10-8-12)19-15-6-2-4-11-3-1-5-14(18)16(11)15/h1-10H. The zero-order chi connectivity index (χ0) is 13.2. The summed E-state index contributed by atoms with van der Waals surface area (Å²) in [5, 5.41) is 1.73. The fourth-order valence-electron chi connectivity index (χ4n) is 1.98. The number of fused-ring (bicyclic) bond motifs is 1. The Morgan fingerprint density at radius 1 is 0.842 bits per heavy atom. The first-order valence-corrected chi connectivity index (χ1v) is 8.35. The summed E-state index contributed by atoms with van der Waals surface area (Å²) in [5.74, 6) is -0.132. The van der Waals surface area contributed by atoms with Crippen LogP contribution in [0.25, 0.3) is 10.8 Å². The van der Waals surface area contributed by atoms with Gasteiger partial charge in [-0.05, 0) is 0 Å². The molecular formula is C16H10BrFSe. The molecule has 0 spiro atoms. The first kappa shape index (κ1) is 12.9. The van der Waals surface area contributed by atoms with Crippen LogP contribution in [-0.2, 0) is 0 Å².